The molecule has 0 saturated heterocycles. The second-order valence-corrected chi connectivity index (χ2v) is 4.56. The van der Waals surface area contributed by atoms with Crippen LogP contribution in [-0.2, 0) is 0 Å². The maximum atomic E-state index is 10.9. The number of carbonyl (C=O) groups is 1. The van der Waals surface area contributed by atoms with E-state index in [4.69, 9.17) is 0 Å². The summed E-state index contributed by atoms with van der Waals surface area (Å²) in [6, 6.07) is 19.7. The molecule has 0 unspecified atom stereocenters. The molecule has 4 aromatic rings. The van der Waals surface area contributed by atoms with E-state index in [-0.39, 0.29) is 0 Å². The van der Waals surface area contributed by atoms with Gasteiger partial charge in [0.05, 0.1) is 6.29 Å². The van der Waals surface area contributed by atoms with Gasteiger partial charge >= 0.3 is 0 Å². The molecule has 0 radical (unpaired) electrons. The molecule has 0 aromatic heterocycles. The Morgan fingerprint density at radius 3 is 2.33 bits per heavy atom. The molecular formula is C17H9O-. The van der Waals surface area contributed by atoms with Gasteiger partial charge in [-0.2, -0.15) is 0 Å². The summed E-state index contributed by atoms with van der Waals surface area (Å²) in [5.74, 6) is 0. The van der Waals surface area contributed by atoms with E-state index in [1.807, 2.05) is 12.1 Å². The zero-order valence-corrected chi connectivity index (χ0v) is 9.60. The van der Waals surface area contributed by atoms with Gasteiger partial charge in [-0.25, -0.2) is 0 Å². The fraction of sp³-hybridized carbons (Fsp3) is 0. The quantitative estimate of drug-likeness (QED) is 0.271. The molecule has 0 aliphatic rings. The Bertz CT molecular complexity index is 826. The highest BCUT2D eigenvalue weighted by Gasteiger charge is 2.03. The van der Waals surface area contributed by atoms with Crippen LogP contribution in [0.1, 0.15) is 10.4 Å². The Balaban J connectivity index is 2.38. The number of aldehydes is 1. The van der Waals surface area contributed by atoms with Crippen LogP contribution in [0, 0.1) is 6.07 Å². The van der Waals surface area contributed by atoms with Crippen LogP contribution in [0.25, 0.3) is 32.3 Å². The van der Waals surface area contributed by atoms with Crippen molar-refractivity contribution in [2.45, 2.75) is 0 Å². The lowest BCUT2D eigenvalue weighted by molar-refractivity contribution is 0.112. The fourth-order valence-corrected chi connectivity index (χ4v) is 2.76. The maximum Gasteiger partial charge on any atom is 0.0827 e. The Labute approximate surface area is 104 Å². The largest absolute Gasteiger partial charge is 0.344 e. The van der Waals surface area contributed by atoms with Gasteiger partial charge in [0.1, 0.15) is 0 Å². The number of benzene rings is 4. The summed E-state index contributed by atoms with van der Waals surface area (Å²) in [7, 11) is 0. The summed E-state index contributed by atoms with van der Waals surface area (Å²) < 4.78 is 0. The number of hydrogen-bond donors (Lipinski definition) is 0. The van der Waals surface area contributed by atoms with Crippen LogP contribution in [0.2, 0.25) is 0 Å². The summed E-state index contributed by atoms with van der Waals surface area (Å²) in [4.78, 5) is 10.9. The highest BCUT2D eigenvalue weighted by molar-refractivity contribution is 6.23. The first-order chi connectivity index (χ1) is 8.86. The van der Waals surface area contributed by atoms with Gasteiger partial charge in [-0.15, -0.1) is 23.6 Å². The zero-order valence-electron chi connectivity index (χ0n) is 9.60. The smallest absolute Gasteiger partial charge is 0.0827 e. The van der Waals surface area contributed by atoms with Gasteiger partial charge < -0.3 is 4.79 Å². The van der Waals surface area contributed by atoms with Gasteiger partial charge in [0.2, 0.25) is 0 Å². The highest BCUT2D eigenvalue weighted by atomic mass is 16.1. The summed E-state index contributed by atoms with van der Waals surface area (Å²) >= 11 is 0. The summed E-state index contributed by atoms with van der Waals surface area (Å²) in [6.45, 7) is 0. The molecule has 1 nitrogen and oxygen atoms in total. The number of carbonyl (C=O) groups excluding carboxylic acids is 1. The van der Waals surface area contributed by atoms with Gasteiger partial charge in [0.25, 0.3) is 0 Å². The lowest BCUT2D eigenvalue weighted by Crippen LogP contribution is -1.87. The maximum absolute atomic E-state index is 10.9. The third kappa shape index (κ3) is 1.13. The molecule has 0 heterocycles. The topological polar surface area (TPSA) is 17.1 Å². The van der Waals surface area contributed by atoms with Crippen LogP contribution in [0.3, 0.4) is 0 Å². The first-order valence-corrected chi connectivity index (χ1v) is 5.92. The first-order valence-electron chi connectivity index (χ1n) is 5.92. The highest BCUT2D eigenvalue weighted by Crippen LogP contribution is 2.34. The van der Waals surface area contributed by atoms with Crippen molar-refractivity contribution in [1.82, 2.24) is 0 Å². The molecule has 0 amide bonds. The minimum atomic E-state index is 0.612. The van der Waals surface area contributed by atoms with Crippen molar-refractivity contribution in [3.05, 3.63) is 60.2 Å². The predicted octanol–water partition coefficient (Wildman–Crippen LogP) is 4.20. The molecule has 0 atom stereocenters. The Hall–Kier alpha value is -2.41. The molecule has 1 heteroatoms. The molecule has 18 heavy (non-hydrogen) atoms. The standard InChI is InChI=1S/C17H9O/c18-10-11-8-14-6-4-12-2-1-3-13-5-7-15(9-11)17(14)16(12)13/h1-8,10H/q-1. The van der Waals surface area contributed by atoms with E-state index in [0.29, 0.717) is 5.56 Å². The van der Waals surface area contributed by atoms with Crippen molar-refractivity contribution in [2.24, 2.45) is 0 Å². The van der Waals surface area contributed by atoms with E-state index >= 15 is 0 Å². The van der Waals surface area contributed by atoms with Crippen LogP contribution in [0.4, 0.5) is 0 Å². The summed E-state index contributed by atoms with van der Waals surface area (Å²) in [5.41, 5.74) is 0.612. The van der Waals surface area contributed by atoms with Gasteiger partial charge in [-0.05, 0) is 16.2 Å². The summed E-state index contributed by atoms with van der Waals surface area (Å²) in [6.07, 6.45) is 0.856. The van der Waals surface area contributed by atoms with E-state index in [0.717, 1.165) is 17.1 Å². The molecule has 0 aliphatic heterocycles. The van der Waals surface area contributed by atoms with Crippen molar-refractivity contribution in [2.75, 3.05) is 0 Å². The molecule has 0 N–H and O–H groups in total. The van der Waals surface area contributed by atoms with E-state index in [1.165, 1.54) is 21.5 Å². The second kappa shape index (κ2) is 3.30. The second-order valence-electron chi connectivity index (χ2n) is 4.56. The predicted molar refractivity (Wildman–Crippen MR) is 74.4 cm³/mol. The van der Waals surface area contributed by atoms with Crippen LogP contribution in [-0.4, -0.2) is 6.29 Å². The minimum absolute atomic E-state index is 0.612. The van der Waals surface area contributed by atoms with Crippen molar-refractivity contribution in [1.29, 1.82) is 0 Å². The van der Waals surface area contributed by atoms with Gasteiger partial charge in [-0.1, -0.05) is 52.7 Å². The zero-order chi connectivity index (χ0) is 12.1. The van der Waals surface area contributed by atoms with Crippen molar-refractivity contribution in [3.8, 4) is 0 Å². The van der Waals surface area contributed by atoms with E-state index in [2.05, 4.69) is 42.5 Å². The average molecular weight is 229 g/mol. The minimum Gasteiger partial charge on any atom is -0.344 e. The monoisotopic (exact) mass is 229 g/mol. The van der Waals surface area contributed by atoms with Gasteiger partial charge in [-0.3, -0.25) is 0 Å². The SMILES string of the molecule is O=Cc1[c-]c2ccc3cccc4ccc(c1)c2c34. The third-order valence-corrected chi connectivity index (χ3v) is 3.53. The molecule has 0 bridgehead atoms. The van der Waals surface area contributed by atoms with E-state index in [1.54, 1.807) is 0 Å². The molecular weight excluding hydrogens is 220 g/mol. The van der Waals surface area contributed by atoms with Crippen molar-refractivity contribution < 1.29 is 4.79 Å². The summed E-state index contributed by atoms with van der Waals surface area (Å²) in [5, 5.41) is 7.06. The normalized spacial score (nSPS) is 11.6. The van der Waals surface area contributed by atoms with Crippen molar-refractivity contribution in [3.63, 3.8) is 0 Å². The number of rotatable bonds is 1. The van der Waals surface area contributed by atoms with Gasteiger partial charge in [0, 0.05) is 0 Å². The fourth-order valence-electron chi connectivity index (χ4n) is 2.76. The lowest BCUT2D eigenvalue weighted by Gasteiger charge is -2.15. The Kier molecular flexibility index (Phi) is 1.76. The lowest BCUT2D eigenvalue weighted by atomic mass is 9.93. The Morgan fingerprint density at radius 2 is 1.56 bits per heavy atom. The first kappa shape index (κ1) is 9.60. The molecule has 0 spiro atoms. The Morgan fingerprint density at radius 1 is 0.833 bits per heavy atom. The number of hydrogen-bond acceptors (Lipinski definition) is 1. The van der Waals surface area contributed by atoms with E-state index < -0.39 is 0 Å². The average Bonchev–Trinajstić information content (AvgIpc) is 2.44. The van der Waals surface area contributed by atoms with Crippen molar-refractivity contribution >= 4 is 38.6 Å². The molecule has 4 aromatic carbocycles. The molecule has 0 saturated carbocycles. The van der Waals surface area contributed by atoms with E-state index in [9.17, 15) is 4.79 Å². The molecule has 0 aliphatic carbocycles. The third-order valence-electron chi connectivity index (χ3n) is 3.53. The van der Waals surface area contributed by atoms with Crippen LogP contribution >= 0.6 is 0 Å². The van der Waals surface area contributed by atoms with Gasteiger partial charge in [0.15, 0.2) is 0 Å². The molecule has 84 valence electrons. The molecule has 0 fully saturated rings. The van der Waals surface area contributed by atoms with Crippen LogP contribution in [0.5, 0.6) is 0 Å². The molecule has 4 rings (SSSR count). The van der Waals surface area contributed by atoms with Crippen LogP contribution < -0.4 is 0 Å². The van der Waals surface area contributed by atoms with Crippen LogP contribution in [0.15, 0.2) is 48.5 Å².